The van der Waals surface area contributed by atoms with E-state index in [1.165, 1.54) is 0 Å². The first-order valence-electron chi connectivity index (χ1n) is 6.24. The lowest BCUT2D eigenvalue weighted by molar-refractivity contribution is 0.196. The van der Waals surface area contributed by atoms with Crippen molar-refractivity contribution in [2.45, 2.75) is 12.1 Å². The molecule has 4 heteroatoms. The Morgan fingerprint density at radius 1 is 1.10 bits per heavy atom. The molecule has 0 radical (unpaired) electrons. The predicted molar refractivity (Wildman–Crippen MR) is 83.3 cm³/mol. The van der Waals surface area contributed by atoms with E-state index in [4.69, 9.17) is 5.26 Å². The first-order chi connectivity index (χ1) is 9.63. The van der Waals surface area contributed by atoms with Gasteiger partial charge in [0.1, 0.15) is 0 Å². The number of nitriles is 1. The maximum atomic E-state index is 10.1. The molecule has 2 aromatic carbocycles. The first-order valence-corrected chi connectivity index (χ1v) is 7.04. The molecule has 0 saturated carbocycles. The number of para-hydroxylation sites is 1. The Morgan fingerprint density at radius 3 is 2.25 bits per heavy atom. The Balaban J connectivity index is 2.38. The number of aliphatic hydroxyl groups excluding tert-OH is 1. The van der Waals surface area contributed by atoms with E-state index in [2.05, 4.69) is 15.9 Å². The molecule has 2 rings (SSSR count). The summed E-state index contributed by atoms with van der Waals surface area (Å²) in [4.78, 5) is 1.91. The lowest BCUT2D eigenvalue weighted by Gasteiger charge is -2.31. The molecule has 0 amide bonds. The summed E-state index contributed by atoms with van der Waals surface area (Å²) >= 11 is 3.39. The quantitative estimate of drug-likeness (QED) is 0.872. The van der Waals surface area contributed by atoms with E-state index in [1.54, 1.807) is 0 Å². The molecule has 0 aliphatic carbocycles. The summed E-state index contributed by atoms with van der Waals surface area (Å²) in [6.07, 6.45) is -1.10. The SMILES string of the molecule is CN(c1ccccc1)[C@@H](c1ccc(Br)cc1)[C@H](O)C#N. The number of benzene rings is 2. The zero-order valence-electron chi connectivity index (χ0n) is 11.1. The smallest absolute Gasteiger partial charge is 0.164 e. The normalized spacial score (nSPS) is 13.3. The van der Waals surface area contributed by atoms with Gasteiger partial charge in [0.15, 0.2) is 6.10 Å². The third-order valence-corrected chi connectivity index (χ3v) is 3.75. The highest BCUT2D eigenvalue weighted by atomic mass is 79.9. The van der Waals surface area contributed by atoms with Crippen molar-refractivity contribution in [3.63, 3.8) is 0 Å². The van der Waals surface area contributed by atoms with E-state index in [-0.39, 0.29) is 0 Å². The Kier molecular flexibility index (Phi) is 4.78. The molecular weight excluding hydrogens is 316 g/mol. The second-order valence-electron chi connectivity index (χ2n) is 4.52. The van der Waals surface area contributed by atoms with Crippen LogP contribution in [0.2, 0.25) is 0 Å². The van der Waals surface area contributed by atoms with Gasteiger partial charge in [-0.3, -0.25) is 0 Å². The van der Waals surface area contributed by atoms with Crippen LogP contribution in [0.5, 0.6) is 0 Å². The van der Waals surface area contributed by atoms with Crippen LogP contribution in [0.15, 0.2) is 59.1 Å². The van der Waals surface area contributed by atoms with Gasteiger partial charge in [0.2, 0.25) is 0 Å². The fourth-order valence-electron chi connectivity index (χ4n) is 2.17. The van der Waals surface area contributed by atoms with Crippen LogP contribution in [0, 0.1) is 11.3 Å². The van der Waals surface area contributed by atoms with Crippen LogP contribution in [0.4, 0.5) is 5.69 Å². The molecule has 0 unspecified atom stereocenters. The standard InChI is InChI=1S/C16H15BrN2O/c1-19(14-5-3-2-4-6-14)16(15(20)11-18)12-7-9-13(17)10-8-12/h2-10,15-16,20H,1H3/t15-,16+/m1/s1. The van der Waals surface area contributed by atoms with Crippen LogP contribution < -0.4 is 4.90 Å². The Hall–Kier alpha value is -1.83. The summed E-state index contributed by atoms with van der Waals surface area (Å²) in [6, 6.07) is 18.9. The lowest BCUT2D eigenvalue weighted by atomic mass is 10.00. The summed E-state index contributed by atoms with van der Waals surface area (Å²) in [5.74, 6) is 0. The van der Waals surface area contributed by atoms with Crippen molar-refractivity contribution in [2.75, 3.05) is 11.9 Å². The van der Waals surface area contributed by atoms with Gasteiger partial charge >= 0.3 is 0 Å². The van der Waals surface area contributed by atoms with E-state index in [0.717, 1.165) is 15.7 Å². The van der Waals surface area contributed by atoms with Gasteiger partial charge in [-0.25, -0.2) is 0 Å². The van der Waals surface area contributed by atoms with Gasteiger partial charge in [-0.1, -0.05) is 46.3 Å². The van der Waals surface area contributed by atoms with E-state index < -0.39 is 12.1 Å². The average Bonchev–Trinajstić information content (AvgIpc) is 2.50. The highest BCUT2D eigenvalue weighted by molar-refractivity contribution is 9.10. The highest BCUT2D eigenvalue weighted by Crippen LogP contribution is 2.29. The Labute approximate surface area is 127 Å². The van der Waals surface area contributed by atoms with Gasteiger partial charge in [-0.05, 0) is 29.8 Å². The van der Waals surface area contributed by atoms with Crippen LogP contribution in [0.3, 0.4) is 0 Å². The van der Waals surface area contributed by atoms with E-state index in [9.17, 15) is 5.11 Å². The molecule has 0 heterocycles. The minimum atomic E-state index is -1.10. The van der Waals surface area contributed by atoms with Crippen molar-refractivity contribution in [3.05, 3.63) is 64.6 Å². The van der Waals surface area contributed by atoms with Gasteiger partial charge in [-0.2, -0.15) is 5.26 Å². The Morgan fingerprint density at radius 2 is 1.70 bits per heavy atom. The second-order valence-corrected chi connectivity index (χ2v) is 5.43. The van der Waals surface area contributed by atoms with Crippen molar-refractivity contribution < 1.29 is 5.11 Å². The van der Waals surface area contributed by atoms with Gasteiger partial charge in [-0.15, -0.1) is 0 Å². The summed E-state index contributed by atoms with van der Waals surface area (Å²) in [6.45, 7) is 0. The topological polar surface area (TPSA) is 47.3 Å². The minimum absolute atomic E-state index is 0.407. The summed E-state index contributed by atoms with van der Waals surface area (Å²) in [7, 11) is 1.88. The van der Waals surface area contributed by atoms with Crippen LogP contribution in [-0.4, -0.2) is 18.3 Å². The molecule has 2 atom stereocenters. The molecule has 2 aromatic rings. The maximum Gasteiger partial charge on any atom is 0.164 e. The first kappa shape index (κ1) is 14.6. The van der Waals surface area contributed by atoms with Gasteiger partial charge < -0.3 is 10.0 Å². The molecule has 102 valence electrons. The number of anilines is 1. The van der Waals surface area contributed by atoms with Crippen molar-refractivity contribution in [1.29, 1.82) is 5.26 Å². The maximum absolute atomic E-state index is 10.1. The largest absolute Gasteiger partial charge is 0.376 e. The molecule has 20 heavy (non-hydrogen) atoms. The van der Waals surface area contributed by atoms with Gasteiger partial charge in [0.25, 0.3) is 0 Å². The monoisotopic (exact) mass is 330 g/mol. The molecule has 0 bridgehead atoms. The van der Waals surface area contributed by atoms with E-state index in [1.807, 2.05) is 72.6 Å². The number of nitrogens with zero attached hydrogens (tertiary/aromatic N) is 2. The van der Waals surface area contributed by atoms with Crippen LogP contribution in [-0.2, 0) is 0 Å². The molecule has 0 saturated heterocycles. The van der Waals surface area contributed by atoms with Gasteiger partial charge in [0.05, 0.1) is 12.1 Å². The summed E-state index contributed by atoms with van der Waals surface area (Å²) in [5, 5.41) is 19.1. The number of halogens is 1. The lowest BCUT2D eigenvalue weighted by Crippen LogP contribution is -2.33. The summed E-state index contributed by atoms with van der Waals surface area (Å²) < 4.78 is 0.966. The molecular formula is C16H15BrN2O. The number of hydrogen-bond donors (Lipinski definition) is 1. The van der Waals surface area contributed by atoms with Crippen LogP contribution in [0.25, 0.3) is 0 Å². The predicted octanol–water partition coefficient (Wildman–Crippen LogP) is 3.51. The zero-order chi connectivity index (χ0) is 14.5. The molecule has 0 aliphatic rings. The fraction of sp³-hybridized carbons (Fsp3) is 0.188. The molecule has 0 spiro atoms. The molecule has 1 N–H and O–H groups in total. The third kappa shape index (κ3) is 3.19. The third-order valence-electron chi connectivity index (χ3n) is 3.22. The van der Waals surface area contributed by atoms with E-state index >= 15 is 0 Å². The molecule has 3 nitrogen and oxygen atoms in total. The van der Waals surface area contributed by atoms with Crippen molar-refractivity contribution in [2.24, 2.45) is 0 Å². The van der Waals surface area contributed by atoms with E-state index in [0.29, 0.717) is 0 Å². The van der Waals surface area contributed by atoms with Gasteiger partial charge in [0, 0.05) is 17.2 Å². The number of likely N-dealkylation sites (N-methyl/N-ethyl adjacent to an activating group) is 1. The van der Waals surface area contributed by atoms with Crippen molar-refractivity contribution >= 4 is 21.6 Å². The van der Waals surface area contributed by atoms with Crippen LogP contribution in [0.1, 0.15) is 11.6 Å². The molecule has 0 aliphatic heterocycles. The molecule has 0 aromatic heterocycles. The zero-order valence-corrected chi connectivity index (χ0v) is 12.7. The molecule has 0 fully saturated rings. The van der Waals surface area contributed by atoms with Crippen molar-refractivity contribution in [1.82, 2.24) is 0 Å². The number of aliphatic hydroxyl groups is 1. The number of rotatable bonds is 4. The average molecular weight is 331 g/mol. The fourth-order valence-corrected chi connectivity index (χ4v) is 2.44. The second kappa shape index (κ2) is 6.56. The Bertz CT molecular complexity index is 592. The van der Waals surface area contributed by atoms with Crippen molar-refractivity contribution in [3.8, 4) is 6.07 Å². The minimum Gasteiger partial charge on any atom is -0.376 e. The summed E-state index contributed by atoms with van der Waals surface area (Å²) in [5.41, 5.74) is 1.85. The highest BCUT2D eigenvalue weighted by Gasteiger charge is 2.25. The number of hydrogen-bond acceptors (Lipinski definition) is 3. The van der Waals surface area contributed by atoms with Crippen LogP contribution >= 0.6 is 15.9 Å².